The highest BCUT2D eigenvalue weighted by molar-refractivity contribution is 7.09. The van der Waals surface area contributed by atoms with Gasteiger partial charge in [-0.05, 0) is 38.8 Å². The Kier molecular flexibility index (Phi) is 6.34. The molecule has 9 heteroatoms. The smallest absolute Gasteiger partial charge is 0.351 e. The second-order valence-corrected chi connectivity index (χ2v) is 9.00. The van der Waals surface area contributed by atoms with Crippen molar-refractivity contribution >= 4 is 26.2 Å². The van der Waals surface area contributed by atoms with E-state index in [4.69, 9.17) is 23.2 Å². The van der Waals surface area contributed by atoms with E-state index in [1.54, 1.807) is 26.2 Å². The highest BCUT2D eigenvalue weighted by Gasteiger charge is 2.55. The summed E-state index contributed by atoms with van der Waals surface area (Å²) in [4.78, 5) is 24.0. The third-order valence-electron chi connectivity index (χ3n) is 6.84. The fraction of sp³-hybridized carbons (Fsp3) is 0.565. The fourth-order valence-corrected chi connectivity index (χ4v) is 5.66. The molecule has 2 fully saturated rings. The number of ketones is 1. The van der Waals surface area contributed by atoms with Gasteiger partial charge in [0.25, 0.3) is 0 Å². The van der Waals surface area contributed by atoms with Gasteiger partial charge in [-0.3, -0.25) is 4.79 Å². The van der Waals surface area contributed by atoms with Crippen LogP contribution in [-0.4, -0.2) is 42.1 Å². The van der Waals surface area contributed by atoms with Crippen molar-refractivity contribution in [1.82, 2.24) is 0 Å². The normalized spacial score (nSPS) is 27.2. The number of aryl methyl sites for hydroxylation is 1. The Labute approximate surface area is 189 Å². The van der Waals surface area contributed by atoms with E-state index in [0.29, 0.717) is 11.3 Å². The average molecular weight is 468 g/mol. The van der Waals surface area contributed by atoms with Gasteiger partial charge in [0.15, 0.2) is 5.78 Å². The number of carbonyl (C=O) groups excluding carboxylic acids is 1. The highest BCUT2D eigenvalue weighted by atomic mass is 31.0. The molecular formula is C23H31O8P. The first-order valence-corrected chi connectivity index (χ1v) is 11.2. The Morgan fingerprint density at radius 3 is 2.59 bits per heavy atom. The molecule has 32 heavy (non-hydrogen) atoms. The third kappa shape index (κ3) is 3.63. The first kappa shape index (κ1) is 23.2. The summed E-state index contributed by atoms with van der Waals surface area (Å²) in [6, 6.07) is 3.23. The first-order chi connectivity index (χ1) is 15.2. The number of fused-ring (bicyclic) bond motifs is 1. The van der Waals surface area contributed by atoms with Crippen LogP contribution >= 0.6 is 9.47 Å². The maximum absolute atomic E-state index is 12.3. The van der Waals surface area contributed by atoms with E-state index in [2.05, 4.69) is 16.4 Å². The van der Waals surface area contributed by atoms with Crippen molar-refractivity contribution in [2.24, 2.45) is 5.92 Å². The molecule has 0 amide bonds. The van der Waals surface area contributed by atoms with Crippen LogP contribution in [-0.2, 0) is 14.0 Å². The van der Waals surface area contributed by atoms with Crippen LogP contribution in [0.15, 0.2) is 21.3 Å². The van der Waals surface area contributed by atoms with Crippen molar-refractivity contribution in [3.63, 3.8) is 0 Å². The Bertz CT molecular complexity index is 1090. The van der Waals surface area contributed by atoms with Gasteiger partial charge in [-0.15, -0.1) is 0 Å². The summed E-state index contributed by atoms with van der Waals surface area (Å²) in [6.07, 6.45) is 2.65. The van der Waals surface area contributed by atoms with Crippen LogP contribution in [0.3, 0.4) is 0 Å². The Morgan fingerprint density at radius 2 is 2.00 bits per heavy atom. The predicted octanol–water partition coefficient (Wildman–Crippen LogP) is 4.13. The van der Waals surface area contributed by atoms with Crippen LogP contribution in [0.5, 0.6) is 11.5 Å². The van der Waals surface area contributed by atoms with Crippen LogP contribution in [0, 0.1) is 12.8 Å². The molecule has 0 radical (unpaired) electrons. The molecule has 1 aliphatic heterocycles. The molecule has 4 rings (SSSR count). The number of carbonyl (C=O) groups is 1. The predicted molar refractivity (Wildman–Crippen MR) is 122 cm³/mol. The maximum Gasteiger partial charge on any atom is 0.351 e. The molecular weight excluding hydrogens is 435 g/mol. The molecule has 2 heterocycles. The Hall–Kier alpha value is -1.99. The largest absolute Gasteiger partial charge is 0.506 e. The Morgan fingerprint density at radius 1 is 1.31 bits per heavy atom. The lowest BCUT2D eigenvalue weighted by Crippen LogP contribution is -2.62. The summed E-state index contributed by atoms with van der Waals surface area (Å²) in [5.41, 5.74) is -1.01. The van der Waals surface area contributed by atoms with Crippen LogP contribution in [0.2, 0.25) is 0 Å². The van der Waals surface area contributed by atoms with Gasteiger partial charge in [-0.25, -0.2) is 4.79 Å². The lowest BCUT2D eigenvalue weighted by molar-refractivity contribution is -0.293. The highest BCUT2D eigenvalue weighted by Crippen LogP contribution is 2.47. The molecule has 2 aliphatic rings. The number of Topliss-reactive ketones (excluding diaryl/α,β-unsaturated/α-hetero) is 1. The van der Waals surface area contributed by atoms with E-state index >= 15 is 0 Å². The zero-order valence-electron chi connectivity index (χ0n) is 18.7. The van der Waals surface area contributed by atoms with E-state index in [1.165, 1.54) is 6.92 Å². The number of hydrogen-bond donors (Lipinski definition) is 1. The minimum atomic E-state index is -0.885. The number of benzene rings is 1. The zero-order chi connectivity index (χ0) is 23.2. The van der Waals surface area contributed by atoms with Crippen molar-refractivity contribution in [2.45, 2.75) is 70.6 Å². The molecule has 1 aromatic carbocycles. The number of hydrogen-bond acceptors (Lipinski definition) is 8. The maximum atomic E-state index is 12.3. The van der Waals surface area contributed by atoms with Gasteiger partial charge >= 0.3 is 5.63 Å². The van der Waals surface area contributed by atoms with Gasteiger partial charge < -0.3 is 28.3 Å². The van der Waals surface area contributed by atoms with E-state index in [9.17, 15) is 14.7 Å². The van der Waals surface area contributed by atoms with Crippen molar-refractivity contribution in [3.05, 3.63) is 33.7 Å². The average Bonchev–Trinajstić information content (AvgIpc) is 3.19. The van der Waals surface area contributed by atoms with Gasteiger partial charge in [0.2, 0.25) is 6.29 Å². The summed E-state index contributed by atoms with van der Waals surface area (Å²) in [5.74, 6) is -0.505. The molecule has 1 aromatic heterocycles. The van der Waals surface area contributed by atoms with Crippen LogP contribution in [0.25, 0.3) is 11.0 Å². The molecule has 1 aliphatic carbocycles. The summed E-state index contributed by atoms with van der Waals surface area (Å²) in [7, 11) is 3.98. The van der Waals surface area contributed by atoms with Gasteiger partial charge in [-0.1, -0.05) is 19.8 Å². The Balaban J connectivity index is 0.00000306. The number of ether oxygens (including phenoxy) is 3. The van der Waals surface area contributed by atoms with Gasteiger partial charge in [0.1, 0.15) is 28.7 Å². The molecule has 8 nitrogen and oxygen atoms in total. The summed E-state index contributed by atoms with van der Waals surface area (Å²) in [5, 5.41) is 10.7. The molecule has 1 saturated carbocycles. The van der Waals surface area contributed by atoms with E-state index in [-0.39, 0.29) is 35.7 Å². The second kappa shape index (κ2) is 8.75. The van der Waals surface area contributed by atoms with Crippen molar-refractivity contribution in [2.75, 3.05) is 7.11 Å². The molecule has 1 saturated heterocycles. The van der Waals surface area contributed by atoms with Crippen LogP contribution < -0.4 is 10.4 Å². The lowest BCUT2D eigenvalue weighted by Gasteiger charge is -2.50. The molecule has 2 unspecified atom stereocenters. The van der Waals surface area contributed by atoms with Crippen LogP contribution in [0.1, 0.15) is 56.9 Å². The zero-order valence-corrected chi connectivity index (χ0v) is 19.8. The third-order valence-corrected chi connectivity index (χ3v) is 7.15. The summed E-state index contributed by atoms with van der Waals surface area (Å²) in [6.45, 7) is 4.99. The van der Waals surface area contributed by atoms with E-state index < -0.39 is 29.4 Å². The minimum Gasteiger partial charge on any atom is -0.506 e. The number of aromatic hydroxyl groups is 1. The van der Waals surface area contributed by atoms with E-state index in [0.717, 1.165) is 25.7 Å². The molecule has 176 valence electrons. The molecule has 1 N–H and O–H groups in total. The lowest BCUT2D eigenvalue weighted by atomic mass is 9.80. The fourth-order valence-electron chi connectivity index (χ4n) is 5.28. The molecule has 1 spiro atoms. The number of rotatable bonds is 5. The second-order valence-electron chi connectivity index (χ2n) is 8.73. The first-order valence-electron chi connectivity index (χ1n) is 10.8. The summed E-state index contributed by atoms with van der Waals surface area (Å²) < 4.78 is 29.7. The van der Waals surface area contributed by atoms with E-state index in [1.807, 2.05) is 0 Å². The minimum absolute atomic E-state index is 0. The van der Waals surface area contributed by atoms with Gasteiger partial charge in [0.05, 0.1) is 17.1 Å². The number of methoxy groups -OCH3 is 1. The van der Waals surface area contributed by atoms with Crippen molar-refractivity contribution in [3.8, 4) is 11.5 Å². The molecule has 0 bridgehead atoms. The van der Waals surface area contributed by atoms with Crippen LogP contribution in [0.4, 0.5) is 0 Å². The quantitative estimate of drug-likeness (QED) is 0.397. The monoisotopic (exact) mass is 468 g/mol. The van der Waals surface area contributed by atoms with Crippen molar-refractivity contribution < 1.29 is 34.5 Å². The van der Waals surface area contributed by atoms with Gasteiger partial charge in [-0.2, -0.15) is 0 Å². The molecule has 5 atom stereocenters. The molecule has 2 aromatic rings. The standard InChI is InChI=1S/C23H29O8P.H2/c1-11-15(8-7-14-17(25)16(13(3)24)21(26)29-18(11)14)28-22-19(31-32)12(2)20(27-4)23(30-22)9-5-6-10-23;/h7-8,12,19-20,22,25H,5-6,9-10,32H2,1-4H3;1H/t12-,19?,20+,22+;/m0./s1/i;1+2. The van der Waals surface area contributed by atoms with Crippen molar-refractivity contribution in [1.29, 1.82) is 0 Å². The topological polar surface area (TPSA) is 104 Å². The summed E-state index contributed by atoms with van der Waals surface area (Å²) >= 11 is 0. The van der Waals surface area contributed by atoms with Gasteiger partial charge in [0, 0.05) is 29.5 Å². The SMILES string of the molecule is CO[C@@H]1[C@@H](C)C(OP)[C@H](Oc2ccc3c(O)c(C(C)=O)c(=O)oc3c2C)OC12CCCC2.[3HH].